The van der Waals surface area contributed by atoms with Crippen LogP contribution in [-0.2, 0) is 17.9 Å². The summed E-state index contributed by atoms with van der Waals surface area (Å²) in [5.74, 6) is -0.802. The molecule has 5 nitrogen and oxygen atoms in total. The van der Waals surface area contributed by atoms with Crippen molar-refractivity contribution in [1.29, 1.82) is 0 Å². The molecule has 0 spiro atoms. The molecule has 1 rings (SSSR count). The minimum Gasteiger partial charge on any atom is -0.481 e. The highest BCUT2D eigenvalue weighted by molar-refractivity contribution is 5.75. The van der Waals surface area contributed by atoms with Crippen LogP contribution in [0.15, 0.2) is 12.4 Å². The van der Waals surface area contributed by atoms with Crippen LogP contribution in [0.1, 0.15) is 40.2 Å². The number of carboxylic acid groups (broad SMARTS) is 1. The van der Waals surface area contributed by atoms with Crippen LogP contribution in [0.5, 0.6) is 0 Å². The van der Waals surface area contributed by atoms with E-state index in [0.717, 1.165) is 12.1 Å². The van der Waals surface area contributed by atoms with E-state index in [-0.39, 0.29) is 0 Å². The van der Waals surface area contributed by atoms with Crippen LogP contribution in [0.25, 0.3) is 0 Å². The number of rotatable bonds is 6. The van der Waals surface area contributed by atoms with Gasteiger partial charge in [0.1, 0.15) is 0 Å². The first-order valence-electron chi connectivity index (χ1n) is 6.20. The minimum absolute atomic E-state index is 0.507. The van der Waals surface area contributed by atoms with Crippen LogP contribution in [0.3, 0.4) is 0 Å². The maximum atomic E-state index is 11.3. The highest BCUT2D eigenvalue weighted by atomic mass is 16.4. The molecular formula is C13H23N3O2. The number of aryl methyl sites for hydroxylation is 1. The Balaban J connectivity index is 2.69. The molecule has 0 saturated carbocycles. The maximum Gasteiger partial charge on any atom is 0.310 e. The molecule has 5 heteroatoms. The Hall–Kier alpha value is -1.36. The molecule has 0 radical (unpaired) electrons. The number of carbonyl (C=O) groups is 1. The molecule has 0 atom stereocenters. The van der Waals surface area contributed by atoms with Crippen LogP contribution >= 0.6 is 0 Å². The third-order valence-corrected chi connectivity index (χ3v) is 3.84. The van der Waals surface area contributed by atoms with E-state index in [9.17, 15) is 9.90 Å². The molecule has 0 aliphatic carbocycles. The molecule has 0 amide bonds. The monoisotopic (exact) mass is 253 g/mol. The van der Waals surface area contributed by atoms with Crippen LogP contribution in [0, 0.1) is 5.41 Å². The zero-order valence-electron chi connectivity index (χ0n) is 11.8. The summed E-state index contributed by atoms with van der Waals surface area (Å²) in [6.45, 7) is 10.8. The molecule has 1 aromatic rings. The summed E-state index contributed by atoms with van der Waals surface area (Å²) in [6, 6.07) is 0. The van der Waals surface area contributed by atoms with Gasteiger partial charge in [-0.05, 0) is 34.6 Å². The number of aromatic nitrogens is 2. The zero-order valence-corrected chi connectivity index (χ0v) is 11.8. The molecule has 102 valence electrons. The second-order valence-corrected chi connectivity index (χ2v) is 5.61. The second-order valence-electron chi connectivity index (χ2n) is 5.61. The van der Waals surface area contributed by atoms with E-state index in [1.54, 1.807) is 20.0 Å². The van der Waals surface area contributed by atoms with Crippen LogP contribution in [0.2, 0.25) is 0 Å². The van der Waals surface area contributed by atoms with Crippen LogP contribution in [0.4, 0.5) is 0 Å². The number of carboxylic acids is 1. The van der Waals surface area contributed by atoms with Gasteiger partial charge in [-0.15, -0.1) is 0 Å². The molecule has 0 saturated heterocycles. The topological polar surface area (TPSA) is 67.2 Å². The first-order valence-corrected chi connectivity index (χ1v) is 6.20. The number of nitrogens with one attached hydrogen (secondary N) is 1. The van der Waals surface area contributed by atoms with Crippen LogP contribution < -0.4 is 5.32 Å². The van der Waals surface area contributed by atoms with E-state index >= 15 is 0 Å². The number of hydrogen-bond acceptors (Lipinski definition) is 3. The zero-order chi connectivity index (χ0) is 14.0. The summed E-state index contributed by atoms with van der Waals surface area (Å²) in [5, 5.41) is 16.8. The molecule has 0 fully saturated rings. The van der Waals surface area contributed by atoms with Crippen molar-refractivity contribution in [2.45, 2.75) is 53.2 Å². The normalized spacial score (nSPS) is 12.7. The molecular weight excluding hydrogens is 230 g/mol. The van der Waals surface area contributed by atoms with E-state index < -0.39 is 16.9 Å². The fourth-order valence-electron chi connectivity index (χ4n) is 1.48. The fourth-order valence-corrected chi connectivity index (χ4v) is 1.48. The van der Waals surface area contributed by atoms with Gasteiger partial charge in [-0.1, -0.05) is 0 Å². The maximum absolute atomic E-state index is 11.3. The molecule has 0 aromatic carbocycles. The average molecular weight is 253 g/mol. The summed E-state index contributed by atoms with van der Waals surface area (Å²) in [7, 11) is 0. The van der Waals surface area contributed by atoms with Gasteiger partial charge < -0.3 is 10.4 Å². The van der Waals surface area contributed by atoms with E-state index in [2.05, 4.69) is 10.4 Å². The minimum atomic E-state index is -0.840. The molecule has 1 aromatic heterocycles. The molecule has 0 aliphatic heterocycles. The average Bonchev–Trinajstić information content (AvgIpc) is 2.74. The SMILES string of the molecule is CCn1cc(CNC(C)(C)C(C)(C)C(=O)O)cn1. The Morgan fingerprint density at radius 3 is 2.50 bits per heavy atom. The lowest BCUT2D eigenvalue weighted by atomic mass is 9.74. The number of hydrogen-bond donors (Lipinski definition) is 2. The standard InChI is InChI=1S/C13H23N3O2/c1-6-16-9-10(8-15-16)7-14-13(4,5)12(2,3)11(17)18/h8-9,14H,6-7H2,1-5H3,(H,17,18). The fraction of sp³-hybridized carbons (Fsp3) is 0.692. The van der Waals surface area contributed by atoms with Gasteiger partial charge in [0, 0.05) is 30.4 Å². The highest BCUT2D eigenvalue weighted by Gasteiger charge is 2.42. The molecule has 0 unspecified atom stereocenters. The van der Waals surface area contributed by atoms with Crippen molar-refractivity contribution >= 4 is 5.97 Å². The first kappa shape index (κ1) is 14.7. The summed E-state index contributed by atoms with van der Waals surface area (Å²) < 4.78 is 1.85. The van der Waals surface area contributed by atoms with Gasteiger partial charge in [0.05, 0.1) is 11.6 Å². The van der Waals surface area contributed by atoms with Gasteiger partial charge in [-0.25, -0.2) is 0 Å². The summed E-state index contributed by atoms with van der Waals surface area (Å²) >= 11 is 0. The Bertz CT molecular complexity index is 422. The molecule has 2 N–H and O–H groups in total. The van der Waals surface area contributed by atoms with Gasteiger partial charge in [0.25, 0.3) is 0 Å². The molecule has 18 heavy (non-hydrogen) atoms. The third-order valence-electron chi connectivity index (χ3n) is 3.84. The van der Waals surface area contributed by atoms with Crippen molar-refractivity contribution in [3.63, 3.8) is 0 Å². The predicted molar refractivity (Wildman–Crippen MR) is 70.2 cm³/mol. The Labute approximate surface area is 108 Å². The van der Waals surface area contributed by atoms with Crippen molar-refractivity contribution in [1.82, 2.24) is 15.1 Å². The lowest BCUT2D eigenvalue weighted by Gasteiger charge is -2.39. The van der Waals surface area contributed by atoms with E-state index in [0.29, 0.717) is 6.54 Å². The highest BCUT2D eigenvalue weighted by Crippen LogP contribution is 2.30. The van der Waals surface area contributed by atoms with Crippen molar-refractivity contribution < 1.29 is 9.90 Å². The summed E-state index contributed by atoms with van der Waals surface area (Å²) in [6.07, 6.45) is 3.77. The smallest absolute Gasteiger partial charge is 0.310 e. The number of aliphatic carboxylic acids is 1. The predicted octanol–water partition coefficient (Wildman–Crippen LogP) is 1.88. The van der Waals surface area contributed by atoms with Gasteiger partial charge in [-0.3, -0.25) is 9.48 Å². The van der Waals surface area contributed by atoms with E-state index in [1.165, 1.54) is 0 Å². The van der Waals surface area contributed by atoms with E-state index in [4.69, 9.17) is 0 Å². The van der Waals surface area contributed by atoms with E-state index in [1.807, 2.05) is 31.6 Å². The third kappa shape index (κ3) is 2.90. The largest absolute Gasteiger partial charge is 0.481 e. The van der Waals surface area contributed by atoms with Gasteiger partial charge >= 0.3 is 5.97 Å². The second kappa shape index (κ2) is 5.10. The Morgan fingerprint density at radius 1 is 1.44 bits per heavy atom. The Morgan fingerprint density at radius 2 is 2.06 bits per heavy atom. The van der Waals surface area contributed by atoms with Gasteiger partial charge in [-0.2, -0.15) is 5.10 Å². The van der Waals surface area contributed by atoms with Crippen molar-refractivity contribution in [3.05, 3.63) is 18.0 Å². The molecule has 1 heterocycles. The van der Waals surface area contributed by atoms with Gasteiger partial charge in [0.15, 0.2) is 0 Å². The Kier molecular flexibility index (Phi) is 4.16. The number of nitrogens with zero attached hydrogens (tertiary/aromatic N) is 2. The molecule has 0 aliphatic rings. The lowest BCUT2D eigenvalue weighted by Crippen LogP contribution is -2.54. The summed E-state index contributed by atoms with van der Waals surface area (Å²) in [5.41, 5.74) is -0.285. The quantitative estimate of drug-likeness (QED) is 0.812. The van der Waals surface area contributed by atoms with Gasteiger partial charge in [0.2, 0.25) is 0 Å². The van der Waals surface area contributed by atoms with Crippen molar-refractivity contribution in [3.8, 4) is 0 Å². The van der Waals surface area contributed by atoms with Crippen molar-refractivity contribution in [2.24, 2.45) is 5.41 Å². The lowest BCUT2D eigenvalue weighted by molar-refractivity contribution is -0.151. The van der Waals surface area contributed by atoms with Crippen molar-refractivity contribution in [2.75, 3.05) is 0 Å². The van der Waals surface area contributed by atoms with Crippen LogP contribution in [-0.4, -0.2) is 26.4 Å². The first-order chi connectivity index (χ1) is 8.20. The molecule has 0 bridgehead atoms. The summed E-state index contributed by atoms with van der Waals surface area (Å²) in [4.78, 5) is 11.3.